The van der Waals surface area contributed by atoms with Crippen LogP contribution in [-0.2, 0) is 16.4 Å². The zero-order chi connectivity index (χ0) is 23.0. The molecule has 3 aromatic carbocycles. The average molecular weight is 488 g/mol. The molecule has 1 amide bonds. The number of sulfonamides is 1. The summed E-state index contributed by atoms with van der Waals surface area (Å²) in [5.41, 5.74) is 2.96. The van der Waals surface area contributed by atoms with Gasteiger partial charge in [0.05, 0.1) is 10.5 Å². The third-order valence-corrected chi connectivity index (χ3v) is 7.11. The fraction of sp³-hybridized carbons (Fsp3) is 0.125. The minimum Gasteiger partial charge on any atom is -0.460 e. The van der Waals surface area contributed by atoms with Gasteiger partial charge in [0, 0.05) is 21.9 Å². The summed E-state index contributed by atoms with van der Waals surface area (Å²) < 4.78 is 33.5. The van der Waals surface area contributed by atoms with Gasteiger partial charge >= 0.3 is 0 Å². The highest BCUT2D eigenvalue weighted by Crippen LogP contribution is 2.32. The highest BCUT2D eigenvalue weighted by Gasteiger charge is 2.23. The molecule has 164 valence electrons. The molecule has 1 N–H and O–H groups in total. The predicted molar refractivity (Wildman–Crippen MR) is 126 cm³/mol. The monoisotopic (exact) mass is 487 g/mol. The molecule has 5 nitrogen and oxygen atoms in total. The maximum Gasteiger partial charge on any atom is 0.268 e. The Bertz CT molecular complexity index is 1440. The highest BCUT2D eigenvalue weighted by molar-refractivity contribution is 7.90. The van der Waals surface area contributed by atoms with Gasteiger partial charge in [-0.1, -0.05) is 47.5 Å². The summed E-state index contributed by atoms with van der Waals surface area (Å²) >= 11 is 12.3. The fourth-order valence-electron chi connectivity index (χ4n) is 3.52. The largest absolute Gasteiger partial charge is 0.460 e. The number of furan rings is 1. The topological polar surface area (TPSA) is 76.4 Å². The smallest absolute Gasteiger partial charge is 0.268 e. The summed E-state index contributed by atoms with van der Waals surface area (Å²) in [5.74, 6) is -0.123. The Labute approximate surface area is 196 Å². The Hall–Kier alpha value is -2.80. The predicted octanol–water partition coefficient (Wildman–Crippen LogP) is 6.07. The fourth-order valence-corrected chi connectivity index (χ4v) is 4.99. The van der Waals surface area contributed by atoms with Crippen LogP contribution >= 0.6 is 23.2 Å². The molecule has 0 aliphatic carbocycles. The van der Waals surface area contributed by atoms with Gasteiger partial charge in [-0.15, -0.1) is 0 Å². The van der Waals surface area contributed by atoms with Crippen molar-refractivity contribution in [1.82, 2.24) is 4.72 Å². The van der Waals surface area contributed by atoms with E-state index in [0.29, 0.717) is 27.8 Å². The number of fused-ring (bicyclic) bond motifs is 1. The van der Waals surface area contributed by atoms with Crippen molar-refractivity contribution < 1.29 is 17.6 Å². The minimum atomic E-state index is -4.02. The van der Waals surface area contributed by atoms with Gasteiger partial charge in [-0.05, 0) is 66.9 Å². The average Bonchev–Trinajstić information content (AvgIpc) is 3.05. The lowest BCUT2D eigenvalue weighted by atomic mass is 10.0. The standard InChI is InChI=1S/C24H19Cl2NO4S/c1-14-10-19-15(2)22(12-16-8-9-17(25)13-21(16)26)31-23(19)20(11-14)24(28)27-32(29,30)18-6-4-3-5-7-18/h3-11,13H,12H2,1-2H3,(H,27,28). The maximum atomic E-state index is 13.0. The van der Waals surface area contributed by atoms with E-state index in [-0.39, 0.29) is 10.5 Å². The Morgan fingerprint density at radius 2 is 1.72 bits per heavy atom. The highest BCUT2D eigenvalue weighted by atomic mass is 35.5. The minimum absolute atomic E-state index is 0.00550. The number of rotatable bonds is 5. The van der Waals surface area contributed by atoms with E-state index in [4.69, 9.17) is 27.6 Å². The van der Waals surface area contributed by atoms with E-state index in [1.165, 1.54) is 12.1 Å². The van der Waals surface area contributed by atoms with Crippen molar-refractivity contribution in [2.24, 2.45) is 0 Å². The van der Waals surface area contributed by atoms with E-state index in [0.717, 1.165) is 22.1 Å². The second-order valence-corrected chi connectivity index (χ2v) is 10.0. The van der Waals surface area contributed by atoms with E-state index in [2.05, 4.69) is 4.72 Å². The van der Waals surface area contributed by atoms with Gasteiger partial charge in [-0.2, -0.15) is 0 Å². The lowest BCUT2D eigenvalue weighted by Crippen LogP contribution is -2.30. The first-order valence-corrected chi connectivity index (χ1v) is 12.0. The number of carbonyl (C=O) groups excluding carboxylic acids is 1. The number of benzene rings is 3. The molecule has 0 spiro atoms. The quantitative estimate of drug-likeness (QED) is 0.370. The summed E-state index contributed by atoms with van der Waals surface area (Å²) in [6, 6.07) is 16.5. The third-order valence-electron chi connectivity index (χ3n) is 5.17. The Morgan fingerprint density at radius 3 is 2.41 bits per heavy atom. The van der Waals surface area contributed by atoms with Crippen molar-refractivity contribution in [3.8, 4) is 0 Å². The molecule has 32 heavy (non-hydrogen) atoms. The molecule has 0 radical (unpaired) electrons. The van der Waals surface area contributed by atoms with Crippen LogP contribution in [-0.4, -0.2) is 14.3 Å². The number of halogens is 2. The Kier molecular flexibility index (Phi) is 6.03. The molecule has 8 heteroatoms. The molecule has 0 aliphatic heterocycles. The Morgan fingerprint density at radius 1 is 1.00 bits per heavy atom. The van der Waals surface area contributed by atoms with Crippen LogP contribution in [0.3, 0.4) is 0 Å². The number of amides is 1. The van der Waals surface area contributed by atoms with Crippen LogP contribution in [0.4, 0.5) is 0 Å². The van der Waals surface area contributed by atoms with Crippen molar-refractivity contribution in [2.45, 2.75) is 25.2 Å². The summed E-state index contributed by atoms with van der Waals surface area (Å²) in [4.78, 5) is 13.0. The molecular weight excluding hydrogens is 469 g/mol. The molecule has 0 saturated heterocycles. The molecule has 0 aliphatic rings. The van der Waals surface area contributed by atoms with Crippen LogP contribution in [0.2, 0.25) is 10.0 Å². The molecule has 0 unspecified atom stereocenters. The third kappa shape index (κ3) is 4.39. The molecule has 0 fully saturated rings. The van der Waals surface area contributed by atoms with Crippen LogP contribution in [0.5, 0.6) is 0 Å². The molecule has 4 aromatic rings. The summed E-state index contributed by atoms with van der Waals surface area (Å²) in [6.45, 7) is 3.73. The number of nitrogens with one attached hydrogen (secondary N) is 1. The SMILES string of the molecule is Cc1cc(C(=O)NS(=O)(=O)c2ccccc2)c2oc(Cc3ccc(Cl)cc3Cl)c(C)c2c1. The van der Waals surface area contributed by atoms with E-state index in [1.807, 2.05) is 26.0 Å². The molecule has 0 saturated carbocycles. The van der Waals surface area contributed by atoms with Gasteiger partial charge in [-0.3, -0.25) is 4.79 Å². The second-order valence-electron chi connectivity index (χ2n) is 7.50. The van der Waals surface area contributed by atoms with Crippen molar-refractivity contribution in [3.05, 3.63) is 98.7 Å². The first-order valence-electron chi connectivity index (χ1n) is 9.74. The van der Waals surface area contributed by atoms with Gasteiger partial charge in [0.15, 0.2) is 0 Å². The van der Waals surface area contributed by atoms with Crippen molar-refractivity contribution >= 4 is 50.1 Å². The molecule has 0 bridgehead atoms. The van der Waals surface area contributed by atoms with Gasteiger partial charge in [-0.25, -0.2) is 13.1 Å². The number of hydrogen-bond acceptors (Lipinski definition) is 4. The van der Waals surface area contributed by atoms with Gasteiger partial charge < -0.3 is 4.42 Å². The molecule has 4 rings (SSSR count). The number of carbonyl (C=O) groups is 1. The molecule has 1 aromatic heterocycles. The molecule has 1 heterocycles. The summed E-state index contributed by atoms with van der Waals surface area (Å²) in [6.07, 6.45) is 0.402. The number of aryl methyl sites for hydroxylation is 2. The van der Waals surface area contributed by atoms with E-state index < -0.39 is 15.9 Å². The summed E-state index contributed by atoms with van der Waals surface area (Å²) in [7, 11) is -4.02. The normalized spacial score (nSPS) is 11.6. The lowest BCUT2D eigenvalue weighted by molar-refractivity contribution is 0.0982. The van der Waals surface area contributed by atoms with E-state index in [1.54, 1.807) is 36.4 Å². The van der Waals surface area contributed by atoms with Crippen molar-refractivity contribution in [1.29, 1.82) is 0 Å². The van der Waals surface area contributed by atoms with Gasteiger partial charge in [0.1, 0.15) is 11.3 Å². The van der Waals surface area contributed by atoms with Crippen molar-refractivity contribution in [3.63, 3.8) is 0 Å². The molecular formula is C24H19Cl2NO4S. The van der Waals surface area contributed by atoms with Crippen LogP contribution in [0.15, 0.2) is 70.0 Å². The van der Waals surface area contributed by atoms with Gasteiger partial charge in [0.25, 0.3) is 15.9 Å². The summed E-state index contributed by atoms with van der Waals surface area (Å²) in [5, 5.41) is 1.79. The zero-order valence-electron chi connectivity index (χ0n) is 17.3. The van der Waals surface area contributed by atoms with Crippen LogP contribution in [0.25, 0.3) is 11.0 Å². The van der Waals surface area contributed by atoms with Crippen molar-refractivity contribution in [2.75, 3.05) is 0 Å². The zero-order valence-corrected chi connectivity index (χ0v) is 19.6. The lowest BCUT2D eigenvalue weighted by Gasteiger charge is -2.08. The number of hydrogen-bond donors (Lipinski definition) is 1. The maximum absolute atomic E-state index is 13.0. The van der Waals surface area contributed by atoms with Crippen LogP contribution in [0.1, 0.15) is 32.8 Å². The Balaban J connectivity index is 1.74. The first-order chi connectivity index (χ1) is 15.2. The van der Waals surface area contributed by atoms with E-state index in [9.17, 15) is 13.2 Å². The van der Waals surface area contributed by atoms with Crippen LogP contribution < -0.4 is 4.72 Å². The van der Waals surface area contributed by atoms with E-state index >= 15 is 0 Å². The first kappa shape index (κ1) is 22.4. The second kappa shape index (κ2) is 8.62. The van der Waals surface area contributed by atoms with Gasteiger partial charge in [0.2, 0.25) is 0 Å². The van der Waals surface area contributed by atoms with Crippen LogP contribution in [0, 0.1) is 13.8 Å². The molecule has 0 atom stereocenters.